The molecular weight excluding hydrogens is 241 g/mol. The van der Waals surface area contributed by atoms with E-state index in [1.807, 2.05) is 11.8 Å². The van der Waals surface area contributed by atoms with Gasteiger partial charge < -0.3 is 4.52 Å². The predicted molar refractivity (Wildman–Crippen MR) is 72.8 cm³/mol. The standard InChI is InChI=1S/C11H24NO2PS/c1-6-11(7-2)12-9(8-15(13)14-5)10(3,4)16-11/h9,12,15H,6-8H2,1-5H3. The Bertz CT molecular complexity index is 267. The van der Waals surface area contributed by atoms with Gasteiger partial charge in [-0.05, 0) is 26.7 Å². The lowest BCUT2D eigenvalue weighted by molar-refractivity contribution is 0.373. The molecule has 0 saturated carbocycles. The fourth-order valence-electron chi connectivity index (χ4n) is 2.24. The van der Waals surface area contributed by atoms with Crippen LogP contribution < -0.4 is 5.32 Å². The molecule has 16 heavy (non-hydrogen) atoms. The van der Waals surface area contributed by atoms with Gasteiger partial charge >= 0.3 is 0 Å². The van der Waals surface area contributed by atoms with E-state index in [9.17, 15) is 4.57 Å². The zero-order chi connectivity index (χ0) is 12.4. The minimum atomic E-state index is -1.87. The van der Waals surface area contributed by atoms with Gasteiger partial charge in [0.1, 0.15) is 0 Å². The van der Waals surface area contributed by atoms with Crippen molar-refractivity contribution in [2.75, 3.05) is 13.3 Å². The minimum Gasteiger partial charge on any atom is -0.334 e. The Morgan fingerprint density at radius 2 is 1.94 bits per heavy atom. The Balaban J connectivity index is 2.76. The van der Waals surface area contributed by atoms with Crippen LogP contribution in [0.3, 0.4) is 0 Å². The lowest BCUT2D eigenvalue weighted by Gasteiger charge is -2.27. The van der Waals surface area contributed by atoms with Gasteiger partial charge in [0.05, 0.1) is 4.87 Å². The molecule has 1 saturated heterocycles. The molecule has 1 fully saturated rings. The summed E-state index contributed by atoms with van der Waals surface area (Å²) in [4.78, 5) is 0.157. The van der Waals surface area contributed by atoms with E-state index in [0.717, 1.165) is 12.8 Å². The van der Waals surface area contributed by atoms with Crippen molar-refractivity contribution in [3.63, 3.8) is 0 Å². The van der Waals surface area contributed by atoms with Crippen molar-refractivity contribution in [1.82, 2.24) is 5.32 Å². The van der Waals surface area contributed by atoms with E-state index in [-0.39, 0.29) is 15.7 Å². The van der Waals surface area contributed by atoms with Crippen LogP contribution >= 0.6 is 19.8 Å². The first-order valence-corrected chi connectivity index (χ1v) is 8.28. The number of nitrogens with one attached hydrogen (secondary N) is 1. The van der Waals surface area contributed by atoms with Crippen LogP contribution in [0.15, 0.2) is 0 Å². The van der Waals surface area contributed by atoms with Crippen LogP contribution in [-0.4, -0.2) is 28.9 Å². The third-order valence-electron chi connectivity index (χ3n) is 3.48. The molecule has 0 bridgehead atoms. The molecule has 0 amide bonds. The molecule has 0 aliphatic carbocycles. The fourth-order valence-corrected chi connectivity index (χ4v) is 5.28. The molecule has 2 unspecified atom stereocenters. The molecule has 1 aliphatic rings. The van der Waals surface area contributed by atoms with Crippen LogP contribution in [0.5, 0.6) is 0 Å². The highest BCUT2D eigenvalue weighted by molar-refractivity contribution is 8.02. The zero-order valence-electron chi connectivity index (χ0n) is 10.9. The van der Waals surface area contributed by atoms with E-state index in [4.69, 9.17) is 4.52 Å². The van der Waals surface area contributed by atoms with Crippen molar-refractivity contribution < 1.29 is 9.09 Å². The Morgan fingerprint density at radius 3 is 2.31 bits per heavy atom. The topological polar surface area (TPSA) is 38.3 Å². The van der Waals surface area contributed by atoms with E-state index in [1.165, 1.54) is 7.11 Å². The summed E-state index contributed by atoms with van der Waals surface area (Å²) < 4.78 is 16.6. The summed E-state index contributed by atoms with van der Waals surface area (Å²) >= 11 is 1.99. The number of hydrogen-bond acceptors (Lipinski definition) is 4. The minimum absolute atomic E-state index is 0.130. The van der Waals surface area contributed by atoms with Gasteiger partial charge in [0.2, 0.25) is 0 Å². The van der Waals surface area contributed by atoms with Crippen molar-refractivity contribution in [3.05, 3.63) is 0 Å². The van der Waals surface area contributed by atoms with Crippen LogP contribution in [0, 0.1) is 0 Å². The highest BCUT2D eigenvalue weighted by Gasteiger charge is 2.48. The van der Waals surface area contributed by atoms with Gasteiger partial charge in [-0.15, -0.1) is 11.8 Å². The fraction of sp³-hybridized carbons (Fsp3) is 1.00. The maximum absolute atomic E-state index is 11.6. The summed E-state index contributed by atoms with van der Waals surface area (Å²) in [7, 11) is -0.343. The lowest BCUT2D eigenvalue weighted by atomic mass is 10.0. The summed E-state index contributed by atoms with van der Waals surface area (Å²) in [5, 5.41) is 3.67. The average Bonchev–Trinajstić information content (AvgIpc) is 2.51. The van der Waals surface area contributed by atoms with E-state index < -0.39 is 8.03 Å². The first kappa shape index (κ1) is 14.6. The summed E-state index contributed by atoms with van der Waals surface area (Å²) in [6, 6.07) is 0.281. The van der Waals surface area contributed by atoms with Crippen LogP contribution in [-0.2, 0) is 9.09 Å². The van der Waals surface area contributed by atoms with E-state index in [1.54, 1.807) is 0 Å². The molecule has 1 aliphatic heterocycles. The van der Waals surface area contributed by atoms with Crippen molar-refractivity contribution in [1.29, 1.82) is 0 Å². The molecule has 0 aromatic carbocycles. The monoisotopic (exact) mass is 265 g/mol. The first-order valence-electron chi connectivity index (χ1n) is 5.94. The Labute approximate surface area is 104 Å². The molecule has 1 N–H and O–H groups in total. The molecule has 0 spiro atoms. The Kier molecular flexibility index (Phi) is 4.94. The average molecular weight is 265 g/mol. The van der Waals surface area contributed by atoms with Gasteiger partial charge in [-0.3, -0.25) is 9.88 Å². The Hall–Kier alpha value is 0.500. The van der Waals surface area contributed by atoms with Crippen LogP contribution in [0.1, 0.15) is 40.5 Å². The summed E-state index contributed by atoms with van der Waals surface area (Å²) in [5.41, 5.74) is 0. The molecule has 0 aromatic rings. The van der Waals surface area contributed by atoms with E-state index in [0.29, 0.717) is 6.16 Å². The molecule has 96 valence electrons. The third-order valence-corrected chi connectivity index (χ3v) is 6.57. The molecule has 3 nitrogen and oxygen atoms in total. The second-order valence-electron chi connectivity index (χ2n) is 4.88. The first-order chi connectivity index (χ1) is 7.39. The summed E-state index contributed by atoms with van der Waals surface area (Å²) in [6.45, 7) is 8.88. The Morgan fingerprint density at radius 1 is 1.38 bits per heavy atom. The van der Waals surface area contributed by atoms with Crippen LogP contribution in [0.4, 0.5) is 0 Å². The largest absolute Gasteiger partial charge is 0.334 e. The maximum atomic E-state index is 11.6. The van der Waals surface area contributed by atoms with Gasteiger partial charge in [-0.2, -0.15) is 0 Å². The molecule has 5 heteroatoms. The summed E-state index contributed by atoms with van der Waals surface area (Å²) in [5.74, 6) is 0. The third kappa shape index (κ3) is 3.04. The highest BCUT2D eigenvalue weighted by Crippen LogP contribution is 2.49. The van der Waals surface area contributed by atoms with Gasteiger partial charge in [0.15, 0.2) is 8.03 Å². The molecule has 2 atom stereocenters. The SMILES string of the molecule is CCC1(CC)NC(C[PH](=O)OC)C(C)(C)S1. The van der Waals surface area contributed by atoms with Crippen molar-refractivity contribution in [2.45, 2.75) is 56.2 Å². The highest BCUT2D eigenvalue weighted by atomic mass is 32.2. The maximum Gasteiger partial charge on any atom is 0.192 e. The van der Waals surface area contributed by atoms with Gasteiger partial charge in [0, 0.05) is 24.1 Å². The van der Waals surface area contributed by atoms with Crippen molar-refractivity contribution in [2.24, 2.45) is 0 Å². The van der Waals surface area contributed by atoms with Crippen LogP contribution in [0.25, 0.3) is 0 Å². The van der Waals surface area contributed by atoms with Crippen molar-refractivity contribution in [3.8, 4) is 0 Å². The molecule has 0 aromatic heterocycles. The number of thioether (sulfide) groups is 1. The quantitative estimate of drug-likeness (QED) is 0.775. The molecule has 0 radical (unpaired) electrons. The van der Waals surface area contributed by atoms with Crippen LogP contribution in [0.2, 0.25) is 0 Å². The van der Waals surface area contributed by atoms with Gasteiger partial charge in [-0.25, -0.2) is 0 Å². The van der Waals surface area contributed by atoms with E-state index in [2.05, 4.69) is 33.0 Å². The molecule has 1 heterocycles. The second kappa shape index (κ2) is 5.43. The zero-order valence-corrected chi connectivity index (χ0v) is 12.7. The normalized spacial score (nSPS) is 29.2. The van der Waals surface area contributed by atoms with Gasteiger partial charge in [0.25, 0.3) is 0 Å². The summed E-state index contributed by atoms with van der Waals surface area (Å²) in [6.07, 6.45) is 2.84. The van der Waals surface area contributed by atoms with Crippen molar-refractivity contribution >= 4 is 19.8 Å². The number of hydrogen-bond donors (Lipinski definition) is 1. The second-order valence-corrected chi connectivity index (χ2v) is 8.48. The smallest absolute Gasteiger partial charge is 0.192 e. The van der Waals surface area contributed by atoms with E-state index >= 15 is 0 Å². The molecular formula is C11H24NO2PS. The number of rotatable bonds is 5. The molecule has 1 rings (SSSR count). The predicted octanol–water partition coefficient (Wildman–Crippen LogP) is 3.11. The van der Waals surface area contributed by atoms with Gasteiger partial charge in [-0.1, -0.05) is 13.8 Å². The lowest BCUT2D eigenvalue weighted by Crippen LogP contribution is -2.44.